The Hall–Kier alpha value is -4.34. The SMILES string of the molecule is NCc1cccc(Nc2cc(Nc3ccccc3)c(-c3ccccc3)cc2-c2ccccc2)c1. The van der Waals surface area contributed by atoms with Gasteiger partial charge in [0, 0.05) is 40.4 Å². The van der Waals surface area contributed by atoms with Crippen molar-refractivity contribution in [2.45, 2.75) is 6.54 Å². The summed E-state index contributed by atoms with van der Waals surface area (Å²) in [5.74, 6) is 0. The van der Waals surface area contributed by atoms with Crippen LogP contribution in [-0.4, -0.2) is 0 Å². The lowest BCUT2D eigenvalue weighted by atomic mass is 9.95. The fourth-order valence-electron chi connectivity index (χ4n) is 4.13. The largest absolute Gasteiger partial charge is 0.355 e. The van der Waals surface area contributed by atoms with Gasteiger partial charge in [-0.05, 0) is 53.1 Å². The van der Waals surface area contributed by atoms with E-state index < -0.39 is 0 Å². The van der Waals surface area contributed by atoms with Gasteiger partial charge in [0.05, 0.1) is 0 Å². The van der Waals surface area contributed by atoms with E-state index in [1.54, 1.807) is 0 Å². The van der Waals surface area contributed by atoms with E-state index in [0.717, 1.165) is 50.6 Å². The molecule has 0 aliphatic carbocycles. The third-order valence-electron chi connectivity index (χ3n) is 5.82. The first-order valence-corrected chi connectivity index (χ1v) is 11.5. The Balaban J connectivity index is 1.68. The Morgan fingerprint density at radius 2 is 0.971 bits per heavy atom. The average molecular weight is 442 g/mol. The fourth-order valence-corrected chi connectivity index (χ4v) is 4.13. The molecule has 0 bridgehead atoms. The third-order valence-corrected chi connectivity index (χ3v) is 5.82. The van der Waals surface area contributed by atoms with Gasteiger partial charge in [-0.15, -0.1) is 0 Å². The molecule has 0 aliphatic rings. The highest BCUT2D eigenvalue weighted by molar-refractivity contribution is 5.93. The van der Waals surface area contributed by atoms with Crippen LogP contribution < -0.4 is 16.4 Å². The van der Waals surface area contributed by atoms with Crippen LogP contribution in [0.3, 0.4) is 0 Å². The van der Waals surface area contributed by atoms with Gasteiger partial charge in [-0.25, -0.2) is 0 Å². The number of anilines is 4. The van der Waals surface area contributed by atoms with E-state index in [1.165, 1.54) is 0 Å². The molecule has 5 aromatic rings. The van der Waals surface area contributed by atoms with Gasteiger partial charge in [-0.3, -0.25) is 0 Å². The topological polar surface area (TPSA) is 50.1 Å². The molecule has 0 unspecified atom stereocenters. The summed E-state index contributed by atoms with van der Waals surface area (Å²) >= 11 is 0. The molecule has 0 saturated carbocycles. The molecule has 4 N–H and O–H groups in total. The van der Waals surface area contributed by atoms with Gasteiger partial charge in [0.15, 0.2) is 0 Å². The molecule has 166 valence electrons. The summed E-state index contributed by atoms with van der Waals surface area (Å²) in [5, 5.41) is 7.29. The molecule has 0 fully saturated rings. The first-order valence-electron chi connectivity index (χ1n) is 11.5. The molecule has 3 heteroatoms. The van der Waals surface area contributed by atoms with Crippen molar-refractivity contribution in [3.05, 3.63) is 133 Å². The predicted molar refractivity (Wildman–Crippen MR) is 145 cm³/mol. The number of para-hydroxylation sites is 1. The van der Waals surface area contributed by atoms with E-state index in [1.807, 2.05) is 42.5 Å². The van der Waals surface area contributed by atoms with Crippen LogP contribution in [0.4, 0.5) is 22.7 Å². The van der Waals surface area contributed by atoms with Crippen molar-refractivity contribution in [1.29, 1.82) is 0 Å². The Labute approximate surface area is 200 Å². The van der Waals surface area contributed by atoms with E-state index in [2.05, 4.69) is 95.6 Å². The number of rotatable bonds is 7. The van der Waals surface area contributed by atoms with Crippen LogP contribution in [0.15, 0.2) is 127 Å². The zero-order valence-electron chi connectivity index (χ0n) is 18.9. The zero-order chi connectivity index (χ0) is 23.2. The highest BCUT2D eigenvalue weighted by Gasteiger charge is 2.14. The van der Waals surface area contributed by atoms with Gasteiger partial charge in [0.25, 0.3) is 0 Å². The molecule has 34 heavy (non-hydrogen) atoms. The summed E-state index contributed by atoms with van der Waals surface area (Å²) in [6, 6.07) is 44.0. The summed E-state index contributed by atoms with van der Waals surface area (Å²) in [5.41, 5.74) is 15.7. The minimum absolute atomic E-state index is 0.509. The van der Waals surface area contributed by atoms with Crippen molar-refractivity contribution in [2.75, 3.05) is 10.6 Å². The molecule has 0 spiro atoms. The van der Waals surface area contributed by atoms with Crippen LogP contribution in [0, 0.1) is 0 Å². The fraction of sp³-hybridized carbons (Fsp3) is 0.0323. The number of nitrogens with one attached hydrogen (secondary N) is 2. The van der Waals surface area contributed by atoms with Crippen LogP contribution in [0.25, 0.3) is 22.3 Å². The lowest BCUT2D eigenvalue weighted by Crippen LogP contribution is -2.01. The van der Waals surface area contributed by atoms with E-state index in [0.29, 0.717) is 6.54 Å². The average Bonchev–Trinajstić information content (AvgIpc) is 2.90. The molecule has 0 heterocycles. The van der Waals surface area contributed by atoms with E-state index in [4.69, 9.17) is 5.73 Å². The van der Waals surface area contributed by atoms with E-state index in [9.17, 15) is 0 Å². The summed E-state index contributed by atoms with van der Waals surface area (Å²) in [4.78, 5) is 0. The van der Waals surface area contributed by atoms with Crippen molar-refractivity contribution in [3.8, 4) is 22.3 Å². The lowest BCUT2D eigenvalue weighted by Gasteiger charge is -2.20. The van der Waals surface area contributed by atoms with Crippen LogP contribution in [0.5, 0.6) is 0 Å². The second-order valence-corrected chi connectivity index (χ2v) is 8.20. The summed E-state index contributed by atoms with van der Waals surface area (Å²) in [6.07, 6.45) is 0. The minimum Gasteiger partial charge on any atom is -0.355 e. The predicted octanol–water partition coefficient (Wildman–Crippen LogP) is 7.97. The maximum Gasteiger partial charge on any atom is 0.0485 e. The van der Waals surface area contributed by atoms with Crippen LogP contribution in [0.2, 0.25) is 0 Å². The number of benzene rings is 5. The highest BCUT2D eigenvalue weighted by atomic mass is 14.9. The van der Waals surface area contributed by atoms with Crippen molar-refractivity contribution in [3.63, 3.8) is 0 Å². The van der Waals surface area contributed by atoms with Crippen molar-refractivity contribution in [2.24, 2.45) is 5.73 Å². The normalized spacial score (nSPS) is 10.6. The first kappa shape index (κ1) is 21.5. The van der Waals surface area contributed by atoms with Crippen LogP contribution >= 0.6 is 0 Å². The minimum atomic E-state index is 0.509. The first-order chi connectivity index (χ1) is 16.8. The summed E-state index contributed by atoms with van der Waals surface area (Å²) in [7, 11) is 0. The Morgan fingerprint density at radius 3 is 1.53 bits per heavy atom. The van der Waals surface area contributed by atoms with Gasteiger partial charge >= 0.3 is 0 Å². The number of hydrogen-bond acceptors (Lipinski definition) is 3. The van der Waals surface area contributed by atoms with Crippen LogP contribution in [-0.2, 0) is 6.54 Å². The molecule has 0 radical (unpaired) electrons. The van der Waals surface area contributed by atoms with Gasteiger partial charge < -0.3 is 16.4 Å². The third kappa shape index (κ3) is 4.85. The molecule has 5 aromatic carbocycles. The molecule has 5 rings (SSSR count). The Bertz CT molecular complexity index is 1360. The standard InChI is InChI=1S/C31H27N3/c32-22-23-11-10-18-27(19-23)34-31-21-30(33-26-16-8-3-9-17-26)28(24-12-4-1-5-13-24)20-29(31)25-14-6-2-7-15-25/h1-21,33-34H,22,32H2. The Kier molecular flexibility index (Phi) is 6.37. The molecule has 0 atom stereocenters. The van der Waals surface area contributed by atoms with Crippen molar-refractivity contribution in [1.82, 2.24) is 0 Å². The van der Waals surface area contributed by atoms with Gasteiger partial charge in [-0.1, -0.05) is 91.0 Å². The molecule has 0 aromatic heterocycles. The Morgan fingerprint density at radius 1 is 0.471 bits per heavy atom. The molecular weight excluding hydrogens is 414 g/mol. The second kappa shape index (κ2) is 10.1. The quantitative estimate of drug-likeness (QED) is 0.240. The molecule has 3 nitrogen and oxygen atoms in total. The summed E-state index contributed by atoms with van der Waals surface area (Å²) in [6.45, 7) is 0.509. The zero-order valence-corrected chi connectivity index (χ0v) is 18.9. The van der Waals surface area contributed by atoms with E-state index >= 15 is 0 Å². The van der Waals surface area contributed by atoms with Gasteiger partial charge in [-0.2, -0.15) is 0 Å². The van der Waals surface area contributed by atoms with E-state index in [-0.39, 0.29) is 0 Å². The lowest BCUT2D eigenvalue weighted by molar-refractivity contribution is 1.07. The second-order valence-electron chi connectivity index (χ2n) is 8.20. The molecule has 0 aliphatic heterocycles. The monoisotopic (exact) mass is 441 g/mol. The van der Waals surface area contributed by atoms with Crippen molar-refractivity contribution < 1.29 is 0 Å². The molecule has 0 saturated heterocycles. The maximum absolute atomic E-state index is 5.89. The number of hydrogen-bond donors (Lipinski definition) is 3. The summed E-state index contributed by atoms with van der Waals surface area (Å²) < 4.78 is 0. The maximum atomic E-state index is 5.89. The molecular formula is C31H27N3. The van der Waals surface area contributed by atoms with Gasteiger partial charge in [0.2, 0.25) is 0 Å². The van der Waals surface area contributed by atoms with Crippen LogP contribution in [0.1, 0.15) is 5.56 Å². The highest BCUT2D eigenvalue weighted by Crippen LogP contribution is 2.40. The van der Waals surface area contributed by atoms with Crippen molar-refractivity contribution >= 4 is 22.7 Å². The van der Waals surface area contributed by atoms with Gasteiger partial charge in [0.1, 0.15) is 0 Å². The number of nitrogens with two attached hydrogens (primary N) is 1. The molecule has 0 amide bonds. The smallest absolute Gasteiger partial charge is 0.0485 e.